The summed E-state index contributed by atoms with van der Waals surface area (Å²) >= 11 is 13.7. The van der Waals surface area contributed by atoms with Gasteiger partial charge in [-0.3, -0.25) is 4.79 Å². The number of ether oxygens (including phenoxy) is 1. The van der Waals surface area contributed by atoms with Gasteiger partial charge in [-0.2, -0.15) is 0 Å². The lowest BCUT2D eigenvalue weighted by Gasteiger charge is -2.09. The zero-order valence-electron chi connectivity index (χ0n) is 19.9. The molecule has 0 fully saturated rings. The highest BCUT2D eigenvalue weighted by molar-refractivity contribution is 9.10. The van der Waals surface area contributed by atoms with E-state index in [1.54, 1.807) is 30.4 Å². The first kappa shape index (κ1) is 26.8. The van der Waals surface area contributed by atoms with Gasteiger partial charge in [-0.25, -0.2) is 14.8 Å². The van der Waals surface area contributed by atoms with Crippen molar-refractivity contribution in [3.8, 4) is 22.3 Å². The Morgan fingerprint density at radius 2 is 1.68 bits per heavy atom. The summed E-state index contributed by atoms with van der Waals surface area (Å²) in [7, 11) is 0. The van der Waals surface area contributed by atoms with E-state index in [1.807, 2.05) is 41.8 Å². The average molecular weight is 645 g/mol. The van der Waals surface area contributed by atoms with E-state index in [0.717, 1.165) is 36.4 Å². The summed E-state index contributed by atoms with van der Waals surface area (Å²) in [5.74, 6) is -0.633. The molecule has 5 aromatic rings. The van der Waals surface area contributed by atoms with Crippen LogP contribution in [0, 0.1) is 0 Å². The number of nitrogens with zero attached hydrogens (tertiary/aromatic N) is 2. The number of thiophene rings is 2. The minimum absolute atomic E-state index is 0.109. The van der Waals surface area contributed by atoms with Gasteiger partial charge in [0, 0.05) is 31.4 Å². The predicted octanol–water partition coefficient (Wildman–Crippen LogP) is 8.41. The molecule has 11 heteroatoms. The van der Waals surface area contributed by atoms with Gasteiger partial charge < -0.3 is 10.1 Å². The van der Waals surface area contributed by atoms with Crippen LogP contribution >= 0.6 is 62.0 Å². The fourth-order valence-electron chi connectivity index (χ4n) is 3.79. The van der Waals surface area contributed by atoms with E-state index in [1.165, 1.54) is 29.4 Å². The Morgan fingerprint density at radius 1 is 1.00 bits per heavy atom. The lowest BCUT2D eigenvalue weighted by Crippen LogP contribution is -2.16. The number of nitrogens with one attached hydrogen (secondary N) is 1. The Labute approximate surface area is 244 Å². The van der Waals surface area contributed by atoms with Crippen LogP contribution < -0.4 is 5.32 Å². The molecular formula is C27H19BrClN3O3S3. The molecule has 3 heterocycles. The molecule has 2 aromatic carbocycles. The molecule has 0 atom stereocenters. The monoisotopic (exact) mass is 643 g/mol. The minimum Gasteiger partial charge on any atom is -0.462 e. The number of halogens is 2. The van der Waals surface area contributed by atoms with Crippen molar-refractivity contribution in [2.75, 3.05) is 17.7 Å². The third kappa shape index (κ3) is 5.79. The average Bonchev–Trinajstić information content (AvgIpc) is 3.53. The second-order valence-corrected chi connectivity index (χ2v) is 12.0. The second-order valence-electron chi connectivity index (χ2n) is 7.93. The van der Waals surface area contributed by atoms with Crippen LogP contribution in [0.5, 0.6) is 0 Å². The molecule has 0 aliphatic rings. The number of aromatic nitrogens is 2. The summed E-state index contributed by atoms with van der Waals surface area (Å²) in [5, 5.41) is 9.48. The molecule has 0 aliphatic heterocycles. The molecule has 1 amide bonds. The molecule has 192 valence electrons. The number of anilines is 1. The van der Waals surface area contributed by atoms with Gasteiger partial charge in [0.1, 0.15) is 26.7 Å². The van der Waals surface area contributed by atoms with Crippen LogP contribution in [0.15, 0.2) is 75.1 Å². The zero-order chi connectivity index (χ0) is 26.6. The fraction of sp³-hybridized carbons (Fsp3) is 0.111. The molecule has 5 rings (SSSR count). The van der Waals surface area contributed by atoms with Crippen LogP contribution in [0.25, 0.3) is 32.5 Å². The molecule has 0 saturated carbocycles. The van der Waals surface area contributed by atoms with Gasteiger partial charge in [0.25, 0.3) is 0 Å². The number of fused-ring (bicyclic) bond motifs is 1. The third-order valence-corrected chi connectivity index (χ3v) is 9.06. The van der Waals surface area contributed by atoms with Crippen molar-refractivity contribution in [1.82, 2.24) is 9.97 Å². The Balaban J connectivity index is 1.38. The van der Waals surface area contributed by atoms with Gasteiger partial charge in [-0.15, -0.1) is 22.7 Å². The van der Waals surface area contributed by atoms with Gasteiger partial charge in [-0.05, 0) is 42.3 Å². The summed E-state index contributed by atoms with van der Waals surface area (Å²) in [4.78, 5) is 35.6. The normalized spacial score (nSPS) is 11.0. The van der Waals surface area contributed by atoms with Crippen molar-refractivity contribution in [3.63, 3.8) is 0 Å². The lowest BCUT2D eigenvalue weighted by atomic mass is 10.0. The van der Waals surface area contributed by atoms with E-state index < -0.39 is 5.97 Å². The van der Waals surface area contributed by atoms with Crippen LogP contribution in [-0.2, 0) is 9.53 Å². The predicted molar refractivity (Wildman–Crippen MR) is 161 cm³/mol. The van der Waals surface area contributed by atoms with E-state index >= 15 is 0 Å². The molecule has 0 saturated heterocycles. The maximum atomic E-state index is 13.0. The number of amides is 1. The van der Waals surface area contributed by atoms with Gasteiger partial charge >= 0.3 is 5.97 Å². The summed E-state index contributed by atoms with van der Waals surface area (Å²) < 4.78 is 6.29. The van der Waals surface area contributed by atoms with E-state index in [-0.39, 0.29) is 18.3 Å². The van der Waals surface area contributed by atoms with Crippen LogP contribution in [0.3, 0.4) is 0 Å². The van der Waals surface area contributed by atoms with E-state index in [4.69, 9.17) is 16.3 Å². The van der Waals surface area contributed by atoms with E-state index in [2.05, 4.69) is 36.6 Å². The highest BCUT2D eigenvalue weighted by atomic mass is 79.9. The molecule has 0 spiro atoms. The van der Waals surface area contributed by atoms with Crippen LogP contribution in [0.1, 0.15) is 17.3 Å². The maximum absolute atomic E-state index is 13.0. The molecule has 3 aromatic heterocycles. The molecule has 0 bridgehead atoms. The molecule has 0 unspecified atom stereocenters. The largest absolute Gasteiger partial charge is 0.462 e. The molecule has 1 N–H and O–H groups in total. The van der Waals surface area contributed by atoms with Gasteiger partial charge in [0.2, 0.25) is 5.91 Å². The maximum Gasteiger partial charge on any atom is 0.341 e. The molecular weight excluding hydrogens is 626 g/mol. The lowest BCUT2D eigenvalue weighted by molar-refractivity contribution is -0.113. The first-order valence-electron chi connectivity index (χ1n) is 11.4. The smallest absolute Gasteiger partial charge is 0.341 e. The quantitative estimate of drug-likeness (QED) is 0.104. The summed E-state index contributed by atoms with van der Waals surface area (Å²) in [6, 6.07) is 15.2. The molecule has 38 heavy (non-hydrogen) atoms. The van der Waals surface area contributed by atoms with Gasteiger partial charge in [0.15, 0.2) is 0 Å². The molecule has 0 radical (unpaired) electrons. The standard InChI is InChI=1S/C27H19BrClN3O3S3/c1-2-35-27(34)23-20(16-5-9-18(29)10-6-16)12-37-26(23)32-21(33)13-38-25-22-19(11-36-24(22)30-14-31-25)15-3-7-17(28)8-4-15/h3-12,14H,2,13H2,1H3,(H,32,33). The summed E-state index contributed by atoms with van der Waals surface area (Å²) in [5.41, 5.74) is 3.90. The molecule has 0 aliphatic carbocycles. The topological polar surface area (TPSA) is 81.2 Å². The zero-order valence-corrected chi connectivity index (χ0v) is 24.7. The fourth-order valence-corrected chi connectivity index (χ4v) is 6.95. The number of benzene rings is 2. The second kappa shape index (κ2) is 12.0. The van der Waals surface area contributed by atoms with Crippen molar-refractivity contribution in [1.29, 1.82) is 0 Å². The van der Waals surface area contributed by atoms with Crippen molar-refractivity contribution in [3.05, 3.63) is 80.7 Å². The van der Waals surface area contributed by atoms with E-state index in [0.29, 0.717) is 21.2 Å². The Hall–Kier alpha value is -2.76. The Morgan fingerprint density at radius 3 is 2.42 bits per heavy atom. The highest BCUT2D eigenvalue weighted by Gasteiger charge is 2.23. The SMILES string of the molecule is CCOC(=O)c1c(-c2ccc(Cl)cc2)csc1NC(=O)CSc1ncnc2scc(-c3ccc(Br)cc3)c12. The van der Waals surface area contributed by atoms with Crippen molar-refractivity contribution >= 4 is 89.1 Å². The summed E-state index contributed by atoms with van der Waals surface area (Å²) in [6.45, 7) is 1.97. The Kier molecular flexibility index (Phi) is 8.45. The van der Waals surface area contributed by atoms with Crippen molar-refractivity contribution in [2.24, 2.45) is 0 Å². The highest BCUT2D eigenvalue weighted by Crippen LogP contribution is 2.39. The summed E-state index contributed by atoms with van der Waals surface area (Å²) in [6.07, 6.45) is 1.51. The van der Waals surface area contributed by atoms with Gasteiger partial charge in [0.05, 0.1) is 17.7 Å². The first-order valence-corrected chi connectivity index (χ1v) is 15.3. The van der Waals surface area contributed by atoms with Crippen LogP contribution in [0.4, 0.5) is 5.00 Å². The Bertz CT molecular complexity index is 1620. The number of hydrogen-bond acceptors (Lipinski definition) is 8. The third-order valence-electron chi connectivity index (χ3n) is 5.51. The number of esters is 1. The minimum atomic E-state index is -0.489. The molecule has 6 nitrogen and oxygen atoms in total. The number of carbonyl (C=O) groups is 2. The van der Waals surface area contributed by atoms with Crippen LogP contribution in [-0.4, -0.2) is 34.2 Å². The number of rotatable bonds is 8. The van der Waals surface area contributed by atoms with Crippen LogP contribution in [0.2, 0.25) is 5.02 Å². The first-order chi connectivity index (χ1) is 18.4. The number of thioether (sulfide) groups is 1. The van der Waals surface area contributed by atoms with E-state index in [9.17, 15) is 9.59 Å². The van der Waals surface area contributed by atoms with Crippen molar-refractivity contribution < 1.29 is 14.3 Å². The van der Waals surface area contributed by atoms with Gasteiger partial charge in [-0.1, -0.05) is 63.6 Å². The number of hydrogen-bond donors (Lipinski definition) is 1. The number of carbonyl (C=O) groups excluding carboxylic acids is 2. The van der Waals surface area contributed by atoms with Crippen molar-refractivity contribution in [2.45, 2.75) is 11.9 Å².